The van der Waals surface area contributed by atoms with Crippen LogP contribution in [0.15, 0.2) is 0 Å². The lowest BCUT2D eigenvalue weighted by Gasteiger charge is -2.20. The molecule has 0 aliphatic rings. The minimum atomic E-state index is -4.50. The molecular formula is C8H16F3O3PS. The van der Waals surface area contributed by atoms with Gasteiger partial charge in [0.15, 0.2) is 6.61 Å². The van der Waals surface area contributed by atoms with Gasteiger partial charge in [-0.3, -0.25) is 4.52 Å². The van der Waals surface area contributed by atoms with Gasteiger partial charge in [0.05, 0.1) is 6.61 Å². The molecule has 98 valence electrons. The molecule has 0 aromatic rings. The van der Waals surface area contributed by atoms with Crippen molar-refractivity contribution >= 4 is 18.2 Å². The van der Waals surface area contributed by atoms with Gasteiger partial charge < -0.3 is 4.52 Å². The van der Waals surface area contributed by atoms with Gasteiger partial charge in [-0.15, -0.1) is 0 Å². The van der Waals surface area contributed by atoms with Crippen molar-refractivity contribution in [2.45, 2.75) is 38.6 Å². The molecule has 0 bridgehead atoms. The predicted octanol–water partition coefficient (Wildman–Crippen LogP) is 4.24. The maximum absolute atomic E-state index is 11.9. The summed E-state index contributed by atoms with van der Waals surface area (Å²) in [4.78, 5) is 0. The molecule has 0 heterocycles. The van der Waals surface area contributed by atoms with E-state index < -0.39 is 19.6 Å². The van der Waals surface area contributed by atoms with Crippen LogP contribution in [0.2, 0.25) is 0 Å². The van der Waals surface area contributed by atoms with Gasteiger partial charge in [0.1, 0.15) is 0 Å². The predicted molar refractivity (Wildman–Crippen MR) is 58.6 cm³/mol. The third-order valence-corrected chi connectivity index (χ3v) is 6.02. The van der Waals surface area contributed by atoms with E-state index in [0.29, 0.717) is 6.42 Å². The monoisotopic (exact) mass is 280 g/mol. The highest BCUT2D eigenvalue weighted by molar-refractivity contribution is 8.55. The van der Waals surface area contributed by atoms with Crippen molar-refractivity contribution in [2.75, 3.05) is 13.2 Å². The summed E-state index contributed by atoms with van der Waals surface area (Å²) in [6.45, 7) is -0.0271. The van der Waals surface area contributed by atoms with E-state index in [4.69, 9.17) is 4.52 Å². The minimum Gasteiger partial charge on any atom is -0.301 e. The van der Waals surface area contributed by atoms with E-state index in [1.807, 2.05) is 6.92 Å². The molecule has 2 unspecified atom stereocenters. The Morgan fingerprint density at radius 2 is 1.88 bits per heavy atom. The average Bonchev–Trinajstić information content (AvgIpc) is 2.14. The van der Waals surface area contributed by atoms with E-state index in [1.165, 1.54) is 0 Å². The second kappa shape index (κ2) is 6.89. The van der Waals surface area contributed by atoms with E-state index in [9.17, 15) is 17.7 Å². The van der Waals surface area contributed by atoms with Crippen LogP contribution < -0.4 is 0 Å². The first-order valence-corrected chi connectivity index (χ1v) is 7.89. The van der Waals surface area contributed by atoms with E-state index in [1.54, 1.807) is 13.8 Å². The summed E-state index contributed by atoms with van der Waals surface area (Å²) in [5, 5.41) is -0.0781. The molecule has 16 heavy (non-hydrogen) atoms. The first-order valence-electron chi connectivity index (χ1n) is 4.86. The highest BCUT2D eigenvalue weighted by Gasteiger charge is 2.35. The molecule has 0 rings (SSSR count). The first kappa shape index (κ1) is 16.3. The molecule has 0 radical (unpaired) electrons. The maximum atomic E-state index is 11.9. The molecule has 0 aromatic heterocycles. The fourth-order valence-electron chi connectivity index (χ4n) is 0.703. The number of rotatable bonds is 7. The van der Waals surface area contributed by atoms with Gasteiger partial charge in [-0.25, -0.2) is 4.57 Å². The van der Waals surface area contributed by atoms with Crippen LogP contribution >= 0.6 is 18.2 Å². The van der Waals surface area contributed by atoms with Gasteiger partial charge in [-0.05, 0) is 24.7 Å². The van der Waals surface area contributed by atoms with Crippen molar-refractivity contribution in [2.24, 2.45) is 0 Å². The largest absolute Gasteiger partial charge is 0.412 e. The fraction of sp³-hybridized carbons (Fsp3) is 1.00. The Kier molecular flexibility index (Phi) is 7.01. The second-order valence-corrected chi connectivity index (χ2v) is 7.48. The van der Waals surface area contributed by atoms with Crippen LogP contribution in [-0.2, 0) is 13.6 Å². The van der Waals surface area contributed by atoms with Crippen LogP contribution in [-0.4, -0.2) is 24.6 Å². The summed E-state index contributed by atoms with van der Waals surface area (Å²) in [5.74, 6) is 0. The van der Waals surface area contributed by atoms with Crippen molar-refractivity contribution in [3.8, 4) is 0 Å². The topological polar surface area (TPSA) is 35.5 Å². The molecule has 2 atom stereocenters. The Hall–Kier alpha value is 0.290. The van der Waals surface area contributed by atoms with Crippen molar-refractivity contribution in [3.63, 3.8) is 0 Å². The highest BCUT2D eigenvalue weighted by Crippen LogP contribution is 2.63. The molecule has 0 aliphatic carbocycles. The minimum absolute atomic E-state index is 0.0541. The zero-order chi connectivity index (χ0) is 12.8. The number of hydrogen-bond donors (Lipinski definition) is 0. The molecule has 0 saturated heterocycles. The highest BCUT2D eigenvalue weighted by atomic mass is 32.7. The van der Waals surface area contributed by atoms with Gasteiger partial charge in [-0.2, -0.15) is 13.2 Å². The Morgan fingerprint density at radius 3 is 2.25 bits per heavy atom. The summed E-state index contributed by atoms with van der Waals surface area (Å²) in [6, 6.07) is 0. The van der Waals surface area contributed by atoms with Gasteiger partial charge in [0, 0.05) is 5.25 Å². The molecule has 0 amide bonds. The third-order valence-electron chi connectivity index (χ3n) is 1.56. The number of alkyl halides is 3. The molecule has 0 aliphatic heterocycles. The van der Waals surface area contributed by atoms with Crippen LogP contribution in [0.5, 0.6) is 0 Å². The second-order valence-electron chi connectivity index (χ2n) is 3.08. The Morgan fingerprint density at radius 1 is 1.31 bits per heavy atom. The van der Waals surface area contributed by atoms with E-state index in [-0.39, 0.29) is 11.9 Å². The van der Waals surface area contributed by atoms with Crippen molar-refractivity contribution in [3.05, 3.63) is 0 Å². The first-order chi connectivity index (χ1) is 7.22. The normalized spacial score (nSPS) is 18.1. The van der Waals surface area contributed by atoms with E-state index in [0.717, 1.165) is 11.4 Å². The third kappa shape index (κ3) is 7.54. The lowest BCUT2D eigenvalue weighted by molar-refractivity contribution is -0.154. The lowest BCUT2D eigenvalue weighted by Crippen LogP contribution is -2.16. The van der Waals surface area contributed by atoms with Crippen LogP contribution in [0, 0.1) is 0 Å². The number of halogens is 3. The van der Waals surface area contributed by atoms with Crippen molar-refractivity contribution < 1.29 is 26.8 Å². The van der Waals surface area contributed by atoms with Crippen LogP contribution in [0.1, 0.15) is 27.2 Å². The maximum Gasteiger partial charge on any atom is 0.412 e. The Bertz CT molecular complexity index is 247. The quantitative estimate of drug-likeness (QED) is 0.653. The smallest absolute Gasteiger partial charge is 0.301 e. The summed E-state index contributed by atoms with van der Waals surface area (Å²) in [5.41, 5.74) is 0. The standard InChI is InChI=1S/C8H16F3O3PS/c1-4-7(3)16-15(12,13-5-2)14-6-8(9,10)11/h7H,4-6H2,1-3H3. The van der Waals surface area contributed by atoms with E-state index in [2.05, 4.69) is 4.52 Å². The zero-order valence-corrected chi connectivity index (χ0v) is 11.1. The number of hydrogen-bond acceptors (Lipinski definition) is 4. The lowest BCUT2D eigenvalue weighted by atomic mass is 10.4. The van der Waals surface area contributed by atoms with Gasteiger partial charge in [-0.1, -0.05) is 13.8 Å². The SMILES string of the molecule is CCOP(=O)(OCC(F)(F)F)SC(C)CC. The Balaban J connectivity index is 4.39. The van der Waals surface area contributed by atoms with Crippen molar-refractivity contribution in [1.82, 2.24) is 0 Å². The van der Waals surface area contributed by atoms with E-state index >= 15 is 0 Å². The fourth-order valence-corrected chi connectivity index (χ4v) is 4.72. The van der Waals surface area contributed by atoms with Gasteiger partial charge in [0.25, 0.3) is 0 Å². The van der Waals surface area contributed by atoms with Gasteiger partial charge >= 0.3 is 13.0 Å². The molecule has 0 fully saturated rings. The molecule has 0 N–H and O–H groups in total. The van der Waals surface area contributed by atoms with Crippen LogP contribution in [0.3, 0.4) is 0 Å². The van der Waals surface area contributed by atoms with Crippen LogP contribution in [0.4, 0.5) is 13.2 Å². The summed E-state index contributed by atoms with van der Waals surface area (Å²) in [6.07, 6.45) is -3.82. The molecule has 0 spiro atoms. The van der Waals surface area contributed by atoms with Crippen LogP contribution in [0.25, 0.3) is 0 Å². The Labute approximate surface area is 97.4 Å². The van der Waals surface area contributed by atoms with Crippen molar-refractivity contribution in [1.29, 1.82) is 0 Å². The summed E-state index contributed by atoms with van der Waals surface area (Å²) in [7, 11) is 0. The molecule has 3 nitrogen and oxygen atoms in total. The average molecular weight is 280 g/mol. The summed E-state index contributed by atoms with van der Waals surface area (Å²) < 4.78 is 56.8. The van der Waals surface area contributed by atoms with Gasteiger partial charge in [0.2, 0.25) is 0 Å². The summed E-state index contributed by atoms with van der Waals surface area (Å²) >= 11 is 0.823. The zero-order valence-electron chi connectivity index (χ0n) is 9.41. The molecule has 0 saturated carbocycles. The molecule has 0 aromatic carbocycles. The molecule has 8 heteroatoms. The molecular weight excluding hydrogens is 264 g/mol.